The molecule has 1 rings (SSSR count). The van der Waals surface area contributed by atoms with Gasteiger partial charge in [-0.05, 0) is 4.90 Å². The Morgan fingerprint density at radius 2 is 1.56 bits per heavy atom. The van der Waals surface area contributed by atoms with Gasteiger partial charge >= 0.3 is 0 Å². The average Bonchev–Trinajstić information content (AvgIpc) is 1.77. The van der Waals surface area contributed by atoms with Gasteiger partial charge < -0.3 is 0 Å². The fourth-order valence-corrected chi connectivity index (χ4v) is 0.645. The molecular formula is C7H7SV-. The van der Waals surface area contributed by atoms with Crippen molar-refractivity contribution in [1.82, 2.24) is 0 Å². The molecule has 0 heterocycles. The molecule has 0 saturated carbocycles. The number of hydrogen-bond acceptors (Lipinski definition) is 1. The summed E-state index contributed by atoms with van der Waals surface area (Å²) in [4.78, 5) is 0.984. The van der Waals surface area contributed by atoms with Crippen LogP contribution in [0.15, 0.2) is 29.2 Å². The SMILES string of the molecule is [CH2-]c1ccc(S)cc1.[V]. The van der Waals surface area contributed by atoms with E-state index >= 15 is 0 Å². The fraction of sp³-hybridized carbons (Fsp3) is 0. The molecule has 0 fully saturated rings. The third kappa shape index (κ3) is 2.90. The molecule has 9 heavy (non-hydrogen) atoms. The van der Waals surface area contributed by atoms with Gasteiger partial charge in [-0.3, -0.25) is 0 Å². The van der Waals surface area contributed by atoms with Crippen molar-refractivity contribution in [3.63, 3.8) is 0 Å². The summed E-state index contributed by atoms with van der Waals surface area (Å²) < 4.78 is 0. The normalized spacial score (nSPS) is 8.11. The van der Waals surface area contributed by atoms with E-state index < -0.39 is 0 Å². The van der Waals surface area contributed by atoms with Crippen molar-refractivity contribution in [2.24, 2.45) is 0 Å². The first-order valence-electron chi connectivity index (χ1n) is 2.40. The Morgan fingerprint density at radius 1 is 1.11 bits per heavy atom. The minimum Gasteiger partial charge on any atom is -0.199 e. The molecule has 0 aliphatic rings. The molecule has 0 spiro atoms. The quantitative estimate of drug-likeness (QED) is 0.452. The Hall–Kier alpha value is 0.0244. The number of hydrogen-bond donors (Lipinski definition) is 1. The van der Waals surface area contributed by atoms with Gasteiger partial charge in [0.05, 0.1) is 0 Å². The molecule has 1 aromatic rings. The first-order valence-corrected chi connectivity index (χ1v) is 2.85. The molecule has 2 heteroatoms. The predicted molar refractivity (Wildman–Crippen MR) is 38.2 cm³/mol. The smallest absolute Gasteiger partial charge is 0 e. The van der Waals surface area contributed by atoms with Crippen LogP contribution in [-0.2, 0) is 18.6 Å². The van der Waals surface area contributed by atoms with E-state index in [0.29, 0.717) is 0 Å². The third-order valence-corrected chi connectivity index (χ3v) is 1.23. The van der Waals surface area contributed by atoms with Gasteiger partial charge in [-0.2, -0.15) is 24.6 Å². The molecule has 47 valence electrons. The Kier molecular flexibility index (Phi) is 3.95. The van der Waals surface area contributed by atoms with E-state index in [2.05, 4.69) is 19.6 Å². The number of rotatable bonds is 0. The van der Waals surface area contributed by atoms with Crippen LogP contribution in [0, 0.1) is 6.92 Å². The molecule has 0 nitrogen and oxygen atoms in total. The fourth-order valence-electron chi connectivity index (χ4n) is 0.496. The second-order valence-electron chi connectivity index (χ2n) is 1.67. The van der Waals surface area contributed by atoms with Crippen LogP contribution in [0.5, 0.6) is 0 Å². The van der Waals surface area contributed by atoms with Crippen molar-refractivity contribution in [2.75, 3.05) is 0 Å². The number of benzene rings is 1. The van der Waals surface area contributed by atoms with Crippen LogP contribution in [0.1, 0.15) is 5.56 Å². The van der Waals surface area contributed by atoms with Gasteiger partial charge in [-0.25, -0.2) is 0 Å². The molecule has 0 aromatic heterocycles. The zero-order valence-electron chi connectivity index (χ0n) is 4.91. The minimum atomic E-state index is 0. The van der Waals surface area contributed by atoms with Crippen LogP contribution in [0.25, 0.3) is 0 Å². The van der Waals surface area contributed by atoms with Crippen LogP contribution in [0.2, 0.25) is 0 Å². The van der Waals surface area contributed by atoms with Gasteiger partial charge in [-0.15, -0.1) is 24.8 Å². The Bertz CT molecular complexity index is 148. The number of thiol groups is 1. The Morgan fingerprint density at radius 3 is 1.89 bits per heavy atom. The summed E-state index contributed by atoms with van der Waals surface area (Å²) >= 11 is 4.10. The molecule has 0 aliphatic carbocycles. The molecule has 0 saturated heterocycles. The largest absolute Gasteiger partial charge is 0.199 e. The summed E-state index contributed by atoms with van der Waals surface area (Å²) in [6.07, 6.45) is 0. The van der Waals surface area contributed by atoms with Gasteiger partial charge in [0.15, 0.2) is 0 Å². The first kappa shape index (κ1) is 9.02. The van der Waals surface area contributed by atoms with E-state index in [1.165, 1.54) is 0 Å². The monoisotopic (exact) mass is 174 g/mol. The predicted octanol–water partition coefficient (Wildman–Crippen LogP) is 2.15. The second kappa shape index (κ2) is 3.94. The maximum absolute atomic E-state index is 4.10. The van der Waals surface area contributed by atoms with Gasteiger partial charge in [0.25, 0.3) is 0 Å². The molecule has 0 aliphatic heterocycles. The zero-order valence-corrected chi connectivity index (χ0v) is 7.20. The molecule has 0 amide bonds. The van der Waals surface area contributed by atoms with Crippen molar-refractivity contribution < 1.29 is 18.6 Å². The van der Waals surface area contributed by atoms with Crippen molar-refractivity contribution in [3.05, 3.63) is 36.8 Å². The molecule has 0 unspecified atom stereocenters. The van der Waals surface area contributed by atoms with Crippen molar-refractivity contribution in [2.45, 2.75) is 4.90 Å². The van der Waals surface area contributed by atoms with Crippen molar-refractivity contribution in [1.29, 1.82) is 0 Å². The van der Waals surface area contributed by atoms with Crippen molar-refractivity contribution >= 4 is 12.6 Å². The van der Waals surface area contributed by atoms with E-state index in [1.807, 2.05) is 24.3 Å². The molecular weight excluding hydrogens is 167 g/mol. The molecule has 0 atom stereocenters. The van der Waals surface area contributed by atoms with Crippen LogP contribution in [0.3, 0.4) is 0 Å². The standard InChI is InChI=1S/C7H7S.V/c1-6-2-4-7(8)5-3-6;/h2-5,8H,1H2;/q-1;. The van der Waals surface area contributed by atoms with Gasteiger partial charge in [-0.1, -0.05) is 0 Å². The maximum Gasteiger partial charge on any atom is 0 e. The summed E-state index contributed by atoms with van der Waals surface area (Å²) in [6, 6.07) is 7.71. The maximum atomic E-state index is 4.10. The van der Waals surface area contributed by atoms with Gasteiger partial charge in [0.2, 0.25) is 0 Å². The summed E-state index contributed by atoms with van der Waals surface area (Å²) in [7, 11) is 0. The van der Waals surface area contributed by atoms with Crippen LogP contribution >= 0.6 is 12.6 Å². The average molecular weight is 174 g/mol. The molecule has 1 aromatic carbocycles. The minimum absolute atomic E-state index is 0. The second-order valence-corrected chi connectivity index (χ2v) is 2.18. The zero-order chi connectivity index (χ0) is 5.98. The van der Waals surface area contributed by atoms with Crippen molar-refractivity contribution in [3.8, 4) is 0 Å². The summed E-state index contributed by atoms with van der Waals surface area (Å²) in [5.74, 6) is 0. The van der Waals surface area contributed by atoms with Crippen LogP contribution in [-0.4, -0.2) is 0 Å². The molecule has 1 radical (unpaired) electrons. The van der Waals surface area contributed by atoms with E-state index in [0.717, 1.165) is 10.5 Å². The topological polar surface area (TPSA) is 0 Å². The van der Waals surface area contributed by atoms with E-state index in [1.54, 1.807) is 0 Å². The summed E-state index contributed by atoms with van der Waals surface area (Å²) in [5.41, 5.74) is 1.03. The van der Waals surface area contributed by atoms with Crippen LogP contribution in [0.4, 0.5) is 0 Å². The summed E-state index contributed by atoms with van der Waals surface area (Å²) in [6.45, 7) is 3.73. The third-order valence-electron chi connectivity index (χ3n) is 0.936. The first-order chi connectivity index (χ1) is 3.79. The van der Waals surface area contributed by atoms with Gasteiger partial charge in [0, 0.05) is 18.6 Å². The van der Waals surface area contributed by atoms with E-state index in [9.17, 15) is 0 Å². The van der Waals surface area contributed by atoms with Gasteiger partial charge in [0.1, 0.15) is 0 Å². The van der Waals surface area contributed by atoms with E-state index in [-0.39, 0.29) is 18.6 Å². The molecule has 0 N–H and O–H groups in total. The Labute approximate surface area is 73.0 Å². The molecule has 0 bridgehead atoms. The van der Waals surface area contributed by atoms with E-state index in [4.69, 9.17) is 0 Å². The Balaban J connectivity index is 0.000000640. The summed E-state index contributed by atoms with van der Waals surface area (Å²) in [5, 5.41) is 0. The van der Waals surface area contributed by atoms with Crippen LogP contribution < -0.4 is 0 Å².